The fourth-order valence-electron chi connectivity index (χ4n) is 1.08. The van der Waals surface area contributed by atoms with Crippen molar-refractivity contribution in [2.24, 2.45) is 0 Å². The third kappa shape index (κ3) is 5.06. The maximum Gasteiger partial charge on any atom is 0.273 e. The molecule has 0 unspecified atom stereocenters. The first kappa shape index (κ1) is 11.6. The standard InChI is InChI=1S/C9H10BrCl2Si/c10-9-5-3-8(4-6-9)2-1-7-13(11)12/h3-6H,1-2,7H2. The van der Waals surface area contributed by atoms with Crippen molar-refractivity contribution >= 4 is 45.5 Å². The van der Waals surface area contributed by atoms with Gasteiger partial charge >= 0.3 is 0 Å². The van der Waals surface area contributed by atoms with Crippen molar-refractivity contribution in [2.75, 3.05) is 0 Å². The Morgan fingerprint density at radius 2 is 1.77 bits per heavy atom. The highest BCUT2D eigenvalue weighted by Crippen LogP contribution is 2.14. The second-order valence-corrected chi connectivity index (χ2v) is 8.23. The maximum atomic E-state index is 5.73. The Morgan fingerprint density at radius 3 is 2.31 bits per heavy atom. The van der Waals surface area contributed by atoms with Crippen LogP contribution in [-0.4, -0.2) is 7.42 Å². The van der Waals surface area contributed by atoms with Crippen LogP contribution in [0.2, 0.25) is 6.04 Å². The van der Waals surface area contributed by atoms with Crippen molar-refractivity contribution in [3.63, 3.8) is 0 Å². The van der Waals surface area contributed by atoms with Gasteiger partial charge in [-0.25, -0.2) is 0 Å². The van der Waals surface area contributed by atoms with Crippen LogP contribution < -0.4 is 0 Å². The van der Waals surface area contributed by atoms with Crippen LogP contribution >= 0.6 is 38.1 Å². The normalized spacial score (nSPS) is 10.8. The van der Waals surface area contributed by atoms with Crippen LogP contribution in [0, 0.1) is 0 Å². The number of hydrogen-bond acceptors (Lipinski definition) is 0. The van der Waals surface area contributed by atoms with Crippen molar-refractivity contribution in [1.29, 1.82) is 0 Å². The Kier molecular flexibility index (Phi) is 5.40. The molecule has 0 aliphatic rings. The molecule has 4 heteroatoms. The molecule has 0 bridgehead atoms. The van der Waals surface area contributed by atoms with Gasteiger partial charge in [0.05, 0.1) is 0 Å². The van der Waals surface area contributed by atoms with Crippen LogP contribution in [0.1, 0.15) is 12.0 Å². The summed E-state index contributed by atoms with van der Waals surface area (Å²) >= 11 is 14.9. The summed E-state index contributed by atoms with van der Waals surface area (Å²) in [6, 6.07) is 9.33. The van der Waals surface area contributed by atoms with Gasteiger partial charge in [-0.1, -0.05) is 28.1 Å². The molecule has 0 aliphatic heterocycles. The molecule has 0 saturated heterocycles. The summed E-state index contributed by atoms with van der Waals surface area (Å²) in [4.78, 5) is 0. The summed E-state index contributed by atoms with van der Waals surface area (Å²) in [6.45, 7) is 0. The molecule has 1 rings (SSSR count). The van der Waals surface area contributed by atoms with Crippen molar-refractivity contribution in [3.8, 4) is 0 Å². The zero-order valence-corrected chi connectivity index (χ0v) is 11.2. The van der Waals surface area contributed by atoms with E-state index in [9.17, 15) is 0 Å². The highest BCUT2D eigenvalue weighted by atomic mass is 79.9. The molecule has 1 radical (unpaired) electrons. The van der Waals surface area contributed by atoms with Gasteiger partial charge in [0.15, 0.2) is 0 Å². The van der Waals surface area contributed by atoms with Gasteiger partial charge in [0.2, 0.25) is 0 Å². The van der Waals surface area contributed by atoms with Gasteiger partial charge in [0.25, 0.3) is 7.42 Å². The van der Waals surface area contributed by atoms with Gasteiger partial charge in [0, 0.05) is 4.47 Å². The summed E-state index contributed by atoms with van der Waals surface area (Å²) in [7, 11) is -1.08. The lowest BCUT2D eigenvalue weighted by molar-refractivity contribution is 0.916. The van der Waals surface area contributed by atoms with E-state index in [4.69, 9.17) is 22.2 Å². The second kappa shape index (κ2) is 6.07. The lowest BCUT2D eigenvalue weighted by atomic mass is 10.1. The molecule has 0 fully saturated rings. The number of halogens is 3. The van der Waals surface area contributed by atoms with E-state index >= 15 is 0 Å². The maximum absolute atomic E-state index is 5.73. The molecule has 1 aromatic carbocycles. The van der Waals surface area contributed by atoms with E-state index in [0.717, 1.165) is 23.4 Å². The quantitative estimate of drug-likeness (QED) is 0.572. The van der Waals surface area contributed by atoms with E-state index in [2.05, 4.69) is 40.2 Å². The third-order valence-corrected chi connectivity index (χ3v) is 4.14. The smallest absolute Gasteiger partial charge is 0.147 e. The Labute approximate surface area is 98.4 Å². The monoisotopic (exact) mass is 295 g/mol. The molecular weight excluding hydrogens is 287 g/mol. The first-order valence-electron chi connectivity index (χ1n) is 4.10. The van der Waals surface area contributed by atoms with Crippen LogP contribution in [0.3, 0.4) is 0 Å². The highest BCUT2D eigenvalue weighted by Gasteiger charge is 2.02. The molecule has 13 heavy (non-hydrogen) atoms. The topological polar surface area (TPSA) is 0 Å². The predicted octanol–water partition coefficient (Wildman–Crippen LogP) is 4.35. The third-order valence-electron chi connectivity index (χ3n) is 1.74. The first-order chi connectivity index (χ1) is 6.18. The average molecular weight is 297 g/mol. The van der Waals surface area contributed by atoms with E-state index in [0.29, 0.717) is 0 Å². The van der Waals surface area contributed by atoms with Crippen LogP contribution in [0.5, 0.6) is 0 Å². The van der Waals surface area contributed by atoms with E-state index in [1.807, 2.05) is 0 Å². The molecule has 0 atom stereocenters. The molecule has 0 amide bonds. The minimum Gasteiger partial charge on any atom is -0.147 e. The summed E-state index contributed by atoms with van der Waals surface area (Å²) < 4.78 is 1.12. The Bertz CT molecular complexity index is 248. The van der Waals surface area contributed by atoms with Crippen molar-refractivity contribution in [1.82, 2.24) is 0 Å². The SMILES string of the molecule is Cl[Si](Cl)CCCc1ccc(Br)cc1. The van der Waals surface area contributed by atoms with E-state index in [1.165, 1.54) is 5.56 Å². The van der Waals surface area contributed by atoms with Gasteiger partial charge in [0.1, 0.15) is 0 Å². The first-order valence-corrected chi connectivity index (χ1v) is 8.62. The Hall–Kier alpha value is 0.497. The summed E-state index contributed by atoms with van der Waals surface area (Å²) in [5.41, 5.74) is 1.35. The minimum absolute atomic E-state index is 0.962. The van der Waals surface area contributed by atoms with E-state index in [-0.39, 0.29) is 0 Å². The van der Waals surface area contributed by atoms with E-state index in [1.54, 1.807) is 0 Å². The molecule has 0 nitrogen and oxygen atoms in total. The van der Waals surface area contributed by atoms with Crippen molar-refractivity contribution in [3.05, 3.63) is 34.3 Å². The molecule has 0 N–H and O–H groups in total. The summed E-state index contributed by atoms with van der Waals surface area (Å²) in [5, 5.41) is 0. The molecule has 0 saturated carbocycles. The molecular formula is C9H10BrCl2Si. The lowest BCUT2D eigenvalue weighted by Gasteiger charge is -2.00. The van der Waals surface area contributed by atoms with Gasteiger partial charge in [-0.3, -0.25) is 0 Å². The number of benzene rings is 1. The van der Waals surface area contributed by atoms with Crippen LogP contribution in [0.25, 0.3) is 0 Å². The molecule has 0 spiro atoms. The largest absolute Gasteiger partial charge is 0.273 e. The Balaban J connectivity index is 2.33. The Morgan fingerprint density at radius 1 is 1.15 bits per heavy atom. The lowest BCUT2D eigenvalue weighted by Crippen LogP contribution is -1.93. The van der Waals surface area contributed by atoms with Crippen molar-refractivity contribution in [2.45, 2.75) is 18.9 Å². The zero-order valence-electron chi connectivity index (χ0n) is 7.06. The number of rotatable bonds is 4. The van der Waals surface area contributed by atoms with Gasteiger partial charge in [-0.15, -0.1) is 22.2 Å². The number of hydrogen-bond donors (Lipinski definition) is 0. The molecule has 0 aromatic heterocycles. The number of aryl methyl sites for hydroxylation is 1. The van der Waals surface area contributed by atoms with Crippen molar-refractivity contribution < 1.29 is 0 Å². The average Bonchev–Trinajstić information content (AvgIpc) is 2.08. The van der Waals surface area contributed by atoms with Gasteiger partial charge in [-0.05, 0) is 36.6 Å². The molecule has 1 aromatic rings. The minimum atomic E-state index is -1.08. The van der Waals surface area contributed by atoms with Crippen LogP contribution in [-0.2, 0) is 6.42 Å². The molecule has 0 heterocycles. The molecule has 71 valence electrons. The second-order valence-electron chi connectivity index (χ2n) is 2.82. The molecule has 0 aliphatic carbocycles. The predicted molar refractivity (Wildman–Crippen MR) is 64.7 cm³/mol. The fourth-order valence-corrected chi connectivity index (χ4v) is 2.59. The zero-order chi connectivity index (χ0) is 9.68. The van der Waals surface area contributed by atoms with Gasteiger partial charge < -0.3 is 0 Å². The fraction of sp³-hybridized carbons (Fsp3) is 0.333. The van der Waals surface area contributed by atoms with Crippen LogP contribution in [0.4, 0.5) is 0 Å². The van der Waals surface area contributed by atoms with E-state index < -0.39 is 7.42 Å². The highest BCUT2D eigenvalue weighted by molar-refractivity contribution is 9.10. The summed E-state index contributed by atoms with van der Waals surface area (Å²) in [6.07, 6.45) is 2.16. The summed E-state index contributed by atoms with van der Waals surface area (Å²) in [5.74, 6) is 0. The van der Waals surface area contributed by atoms with Crippen LogP contribution in [0.15, 0.2) is 28.7 Å². The van der Waals surface area contributed by atoms with Gasteiger partial charge in [-0.2, -0.15) is 0 Å².